The second kappa shape index (κ2) is 9.20. The Morgan fingerprint density at radius 1 is 1.14 bits per heavy atom. The minimum atomic E-state index is -0.664. The maximum Gasteiger partial charge on any atom is 0.338 e. The summed E-state index contributed by atoms with van der Waals surface area (Å²) < 4.78 is 7.20. The van der Waals surface area contributed by atoms with E-state index in [1.165, 1.54) is 32.2 Å². The van der Waals surface area contributed by atoms with E-state index in [1.807, 2.05) is 47.8 Å². The van der Waals surface area contributed by atoms with Crippen molar-refractivity contribution in [2.75, 3.05) is 11.6 Å². The molecule has 2 atom stereocenters. The molecule has 0 aliphatic carbocycles. The maximum absolute atomic E-state index is 13.7. The molecule has 1 aromatic carbocycles. The number of hydrogen-bond acceptors (Lipinski definition) is 8. The summed E-state index contributed by atoms with van der Waals surface area (Å²) in [6.07, 6.45) is 1.66. The highest BCUT2D eigenvalue weighted by atomic mass is 32.1. The van der Waals surface area contributed by atoms with Gasteiger partial charge in [-0.1, -0.05) is 35.6 Å². The number of esters is 1. The standard InChI is InChI=1S/C25H22N4O4S2/c1-4-33-24(32)20-15(3)26-25-28(21(20)18-11-8-12-34-18)23(31)19(35-25)13-17-14(2)27-29(22(17)30)16-9-6-5-7-10-16/h5-13,17,21H,4H2,1-3H3/b19-13+/t17-,21+/m1/s1. The predicted molar refractivity (Wildman–Crippen MR) is 136 cm³/mol. The molecule has 4 heterocycles. The third-order valence-corrected chi connectivity index (χ3v) is 7.76. The van der Waals surface area contributed by atoms with E-state index >= 15 is 0 Å². The van der Waals surface area contributed by atoms with Crippen LogP contribution in [0.5, 0.6) is 0 Å². The van der Waals surface area contributed by atoms with Gasteiger partial charge < -0.3 is 4.74 Å². The van der Waals surface area contributed by atoms with Crippen molar-refractivity contribution in [3.63, 3.8) is 0 Å². The van der Waals surface area contributed by atoms with Crippen molar-refractivity contribution >= 4 is 52.0 Å². The number of allylic oxidation sites excluding steroid dienone is 1. The van der Waals surface area contributed by atoms with E-state index in [2.05, 4.69) is 10.1 Å². The quantitative estimate of drug-likeness (QED) is 0.498. The van der Waals surface area contributed by atoms with Crippen LogP contribution in [-0.4, -0.2) is 28.8 Å². The number of hydrogen-bond donors (Lipinski definition) is 0. The van der Waals surface area contributed by atoms with Gasteiger partial charge in [0.2, 0.25) is 0 Å². The molecular weight excluding hydrogens is 484 g/mol. The van der Waals surface area contributed by atoms with E-state index in [-0.39, 0.29) is 18.1 Å². The molecule has 2 aromatic heterocycles. The maximum atomic E-state index is 13.7. The van der Waals surface area contributed by atoms with Crippen LogP contribution in [0.1, 0.15) is 31.7 Å². The normalized spacial score (nSPS) is 20.1. The van der Waals surface area contributed by atoms with E-state index in [0.29, 0.717) is 32.0 Å². The van der Waals surface area contributed by atoms with Crippen LogP contribution in [-0.2, 0) is 14.3 Å². The van der Waals surface area contributed by atoms with Crippen molar-refractivity contribution in [2.24, 2.45) is 16.0 Å². The first kappa shape index (κ1) is 23.1. The van der Waals surface area contributed by atoms with Gasteiger partial charge in [-0.25, -0.2) is 9.79 Å². The molecule has 2 aliphatic heterocycles. The van der Waals surface area contributed by atoms with Crippen molar-refractivity contribution in [1.82, 2.24) is 4.57 Å². The number of anilines is 1. The number of rotatable bonds is 5. The first-order valence-electron chi connectivity index (χ1n) is 11.1. The lowest BCUT2D eigenvalue weighted by molar-refractivity contribution is -0.139. The van der Waals surface area contributed by atoms with Gasteiger partial charge in [0.1, 0.15) is 12.0 Å². The van der Waals surface area contributed by atoms with Gasteiger partial charge in [0.25, 0.3) is 11.5 Å². The van der Waals surface area contributed by atoms with E-state index in [4.69, 9.17) is 4.74 Å². The zero-order valence-corrected chi connectivity index (χ0v) is 20.9. The Kier molecular flexibility index (Phi) is 6.08. The molecule has 2 aliphatic rings. The highest BCUT2D eigenvalue weighted by molar-refractivity contribution is 7.10. The number of ether oxygens (including phenoxy) is 1. The summed E-state index contributed by atoms with van der Waals surface area (Å²) in [6, 6.07) is 12.3. The summed E-state index contributed by atoms with van der Waals surface area (Å²) in [7, 11) is 0. The van der Waals surface area contributed by atoms with Crippen LogP contribution in [0.25, 0.3) is 6.08 Å². The molecule has 3 aromatic rings. The Morgan fingerprint density at radius 3 is 2.60 bits per heavy atom. The van der Waals surface area contributed by atoms with E-state index in [1.54, 1.807) is 26.8 Å². The molecule has 0 fully saturated rings. The van der Waals surface area contributed by atoms with Crippen LogP contribution in [0.4, 0.5) is 5.69 Å². The van der Waals surface area contributed by atoms with Gasteiger partial charge in [0.15, 0.2) is 4.80 Å². The third kappa shape index (κ3) is 3.98. The Hall–Kier alpha value is -3.63. The number of carbonyl (C=O) groups is 2. The van der Waals surface area contributed by atoms with Gasteiger partial charge >= 0.3 is 5.97 Å². The number of para-hydroxylation sites is 1. The lowest BCUT2D eigenvalue weighted by atomic mass is 10.0. The number of amides is 1. The molecule has 0 saturated heterocycles. The summed E-state index contributed by atoms with van der Waals surface area (Å²) in [6.45, 7) is 5.48. The van der Waals surface area contributed by atoms with Crippen LogP contribution < -0.4 is 19.9 Å². The molecule has 5 rings (SSSR count). The highest BCUT2D eigenvalue weighted by Crippen LogP contribution is 2.33. The number of aromatic nitrogens is 1. The molecule has 0 radical (unpaired) electrons. The number of carbonyl (C=O) groups excluding carboxylic acids is 2. The van der Waals surface area contributed by atoms with Crippen molar-refractivity contribution in [3.8, 4) is 0 Å². The number of benzene rings is 1. The monoisotopic (exact) mass is 506 g/mol. The topological polar surface area (TPSA) is 93.3 Å². The molecule has 10 heteroatoms. The van der Waals surface area contributed by atoms with Crippen LogP contribution in [0.2, 0.25) is 0 Å². The number of thiophene rings is 1. The zero-order valence-electron chi connectivity index (χ0n) is 19.3. The van der Waals surface area contributed by atoms with E-state index < -0.39 is 17.9 Å². The summed E-state index contributed by atoms with van der Waals surface area (Å²) >= 11 is 2.66. The number of hydrazone groups is 1. The summed E-state index contributed by atoms with van der Waals surface area (Å²) in [4.78, 5) is 45.6. The molecule has 178 valence electrons. The number of fused-ring (bicyclic) bond motifs is 1. The average Bonchev–Trinajstić information content (AvgIpc) is 3.55. The lowest BCUT2D eigenvalue weighted by Crippen LogP contribution is -2.40. The molecule has 35 heavy (non-hydrogen) atoms. The molecule has 1 amide bonds. The summed E-state index contributed by atoms with van der Waals surface area (Å²) in [5.41, 5.74) is 1.82. The minimum Gasteiger partial charge on any atom is -0.463 e. The second-order valence-corrected chi connectivity index (χ2v) is 10.0. The van der Waals surface area contributed by atoms with Crippen molar-refractivity contribution < 1.29 is 14.3 Å². The summed E-state index contributed by atoms with van der Waals surface area (Å²) in [5, 5.41) is 7.69. The van der Waals surface area contributed by atoms with Crippen LogP contribution in [0.3, 0.4) is 0 Å². The van der Waals surface area contributed by atoms with Crippen LogP contribution >= 0.6 is 22.7 Å². The fourth-order valence-corrected chi connectivity index (χ4v) is 6.08. The molecule has 0 bridgehead atoms. The minimum absolute atomic E-state index is 0.220. The van der Waals surface area contributed by atoms with Gasteiger partial charge in [0.05, 0.1) is 33.8 Å². The number of thiazole rings is 1. The smallest absolute Gasteiger partial charge is 0.338 e. The molecule has 8 nitrogen and oxygen atoms in total. The average molecular weight is 507 g/mol. The molecule has 0 N–H and O–H groups in total. The van der Waals surface area contributed by atoms with Gasteiger partial charge in [0, 0.05) is 4.88 Å². The second-order valence-electron chi connectivity index (χ2n) is 8.04. The Labute approximate surface area is 208 Å². The van der Waals surface area contributed by atoms with Crippen molar-refractivity contribution in [3.05, 3.63) is 83.7 Å². The highest BCUT2D eigenvalue weighted by Gasteiger charge is 2.36. The van der Waals surface area contributed by atoms with Gasteiger partial charge in [-0.05, 0) is 50.4 Å². The fourth-order valence-electron chi connectivity index (χ4n) is 4.20. The predicted octanol–water partition coefficient (Wildman–Crippen LogP) is 2.85. The van der Waals surface area contributed by atoms with Crippen LogP contribution in [0, 0.1) is 5.92 Å². The van der Waals surface area contributed by atoms with Crippen molar-refractivity contribution in [1.29, 1.82) is 0 Å². The van der Waals surface area contributed by atoms with Crippen molar-refractivity contribution in [2.45, 2.75) is 26.8 Å². The van der Waals surface area contributed by atoms with Gasteiger partial charge in [-0.3, -0.25) is 14.2 Å². The third-order valence-electron chi connectivity index (χ3n) is 5.83. The Morgan fingerprint density at radius 2 is 1.91 bits per heavy atom. The van der Waals surface area contributed by atoms with E-state index in [9.17, 15) is 14.4 Å². The van der Waals surface area contributed by atoms with E-state index in [0.717, 1.165) is 4.88 Å². The Bertz CT molecular complexity index is 1550. The fraction of sp³-hybridized carbons (Fsp3) is 0.240. The zero-order chi connectivity index (χ0) is 24.7. The van der Waals surface area contributed by atoms with Gasteiger partial charge in [-0.2, -0.15) is 10.1 Å². The Balaban J connectivity index is 1.61. The first-order valence-corrected chi connectivity index (χ1v) is 12.8. The van der Waals surface area contributed by atoms with Crippen LogP contribution in [0.15, 0.2) is 74.0 Å². The number of nitrogens with zero attached hydrogens (tertiary/aromatic N) is 4. The lowest BCUT2D eigenvalue weighted by Gasteiger charge is -2.23. The van der Waals surface area contributed by atoms with Gasteiger partial charge in [-0.15, -0.1) is 11.3 Å². The molecule has 0 saturated carbocycles. The molecule has 0 unspecified atom stereocenters. The largest absolute Gasteiger partial charge is 0.463 e. The molecular formula is C25H22N4O4S2. The summed E-state index contributed by atoms with van der Waals surface area (Å²) in [5.74, 6) is -1.38. The molecule has 0 spiro atoms. The first-order chi connectivity index (χ1) is 16.9. The SMILES string of the molecule is CCOC(=O)C1=C(C)N=c2s/c(=C/[C@H]3C(=O)N(c4ccccc4)N=C3C)c(=O)n2[C@H]1c1cccs1.